The molecule has 0 aliphatic heterocycles. The van der Waals surface area contributed by atoms with Crippen LogP contribution in [-0.2, 0) is 6.54 Å². The maximum absolute atomic E-state index is 12.2. The lowest BCUT2D eigenvalue weighted by Gasteiger charge is -2.20. The maximum Gasteiger partial charge on any atom is 0.259 e. The molecule has 1 amide bonds. The molecule has 0 aliphatic carbocycles. The molecule has 2 aromatic rings. The van der Waals surface area contributed by atoms with Gasteiger partial charge >= 0.3 is 0 Å². The number of carbonyl (C=O) groups is 1. The third kappa shape index (κ3) is 2.71. The molecule has 0 aliphatic rings. The molecule has 0 spiro atoms. The van der Waals surface area contributed by atoms with Gasteiger partial charge in [0.25, 0.3) is 5.91 Å². The summed E-state index contributed by atoms with van der Waals surface area (Å²) in [4.78, 5) is 17.9. The molecule has 2 aromatic heterocycles. The van der Waals surface area contributed by atoms with Crippen LogP contribution in [0.5, 0.6) is 0 Å². The van der Waals surface area contributed by atoms with Crippen molar-refractivity contribution < 1.29 is 9.21 Å². The Balaban J connectivity index is 2.15. The van der Waals surface area contributed by atoms with Gasteiger partial charge in [0.1, 0.15) is 0 Å². The van der Waals surface area contributed by atoms with E-state index in [0.717, 1.165) is 5.56 Å². The number of hydrogen-bond acceptors (Lipinski definition) is 3. The maximum atomic E-state index is 12.2. The average molecular weight is 265 g/mol. The second kappa shape index (κ2) is 5.69. The Morgan fingerprint density at radius 1 is 1.39 bits per heavy atom. The number of rotatable bonds is 4. The van der Waals surface area contributed by atoms with E-state index >= 15 is 0 Å². The van der Waals surface area contributed by atoms with Gasteiger partial charge in [-0.25, -0.2) is 0 Å². The van der Waals surface area contributed by atoms with Gasteiger partial charge in [-0.2, -0.15) is 0 Å². The third-order valence-electron chi connectivity index (χ3n) is 2.64. The van der Waals surface area contributed by atoms with E-state index in [-0.39, 0.29) is 11.1 Å². The molecule has 2 heterocycles. The van der Waals surface area contributed by atoms with Crippen molar-refractivity contribution in [3.63, 3.8) is 0 Å². The van der Waals surface area contributed by atoms with Crippen molar-refractivity contribution in [2.45, 2.75) is 13.5 Å². The van der Waals surface area contributed by atoms with Crippen LogP contribution in [0.25, 0.3) is 0 Å². The van der Waals surface area contributed by atoms with E-state index in [1.165, 1.54) is 6.26 Å². The van der Waals surface area contributed by atoms with E-state index in [1.54, 1.807) is 23.4 Å². The summed E-state index contributed by atoms with van der Waals surface area (Å²) in [5.41, 5.74) is 1.42. The molecule has 0 unspecified atom stereocenters. The van der Waals surface area contributed by atoms with Crippen molar-refractivity contribution >= 4 is 17.5 Å². The quantitative estimate of drug-likeness (QED) is 0.853. The first kappa shape index (κ1) is 12.6. The molecule has 94 valence electrons. The number of furan rings is 1. The Morgan fingerprint density at radius 3 is 2.67 bits per heavy atom. The highest BCUT2D eigenvalue weighted by Crippen LogP contribution is 2.19. The number of aromatic nitrogens is 1. The second-order valence-electron chi connectivity index (χ2n) is 3.78. The van der Waals surface area contributed by atoms with Gasteiger partial charge < -0.3 is 9.32 Å². The molecular formula is C13H13ClN2O2. The van der Waals surface area contributed by atoms with Crippen LogP contribution in [0.15, 0.2) is 41.3 Å². The van der Waals surface area contributed by atoms with Crippen molar-refractivity contribution in [1.82, 2.24) is 9.88 Å². The van der Waals surface area contributed by atoms with E-state index in [2.05, 4.69) is 4.98 Å². The minimum Gasteiger partial charge on any atom is -0.452 e. The van der Waals surface area contributed by atoms with Crippen molar-refractivity contribution in [2.24, 2.45) is 0 Å². The van der Waals surface area contributed by atoms with Gasteiger partial charge in [0.05, 0.1) is 11.8 Å². The van der Waals surface area contributed by atoms with E-state index in [4.69, 9.17) is 16.0 Å². The van der Waals surface area contributed by atoms with Gasteiger partial charge in [-0.1, -0.05) is 0 Å². The number of carbonyl (C=O) groups excluding carboxylic acids is 1. The van der Waals surface area contributed by atoms with Gasteiger partial charge in [0, 0.05) is 25.5 Å². The van der Waals surface area contributed by atoms with Gasteiger partial charge in [0.2, 0.25) is 5.22 Å². The summed E-state index contributed by atoms with van der Waals surface area (Å²) >= 11 is 5.81. The first-order valence-electron chi connectivity index (χ1n) is 5.63. The predicted molar refractivity (Wildman–Crippen MR) is 68.4 cm³/mol. The van der Waals surface area contributed by atoms with Crippen LogP contribution >= 0.6 is 11.6 Å². The minimum atomic E-state index is -0.131. The van der Waals surface area contributed by atoms with Crippen LogP contribution in [0.2, 0.25) is 5.22 Å². The fourth-order valence-corrected chi connectivity index (χ4v) is 1.85. The molecule has 0 saturated heterocycles. The fourth-order valence-electron chi connectivity index (χ4n) is 1.65. The molecule has 0 radical (unpaired) electrons. The Labute approximate surface area is 110 Å². The summed E-state index contributed by atoms with van der Waals surface area (Å²) in [6, 6.07) is 5.35. The predicted octanol–water partition coefficient (Wildman–Crippen LogP) is 2.99. The highest BCUT2D eigenvalue weighted by Gasteiger charge is 2.19. The molecule has 2 rings (SSSR count). The third-order valence-corrected chi connectivity index (χ3v) is 2.93. The van der Waals surface area contributed by atoms with Gasteiger partial charge in [-0.15, -0.1) is 0 Å². The van der Waals surface area contributed by atoms with E-state index in [9.17, 15) is 4.79 Å². The first-order valence-corrected chi connectivity index (χ1v) is 6.01. The standard InChI is InChI=1S/C13H13ClN2O2/c1-2-16(9-10-3-6-15-7-4-10)13(17)11-5-8-18-12(11)14/h3-8H,2,9H2,1H3. The number of hydrogen-bond donors (Lipinski definition) is 0. The molecular weight excluding hydrogens is 252 g/mol. The largest absolute Gasteiger partial charge is 0.452 e. The Kier molecular flexibility index (Phi) is 3.99. The van der Waals surface area contributed by atoms with Crippen molar-refractivity contribution in [3.8, 4) is 0 Å². The van der Waals surface area contributed by atoms with Crippen LogP contribution < -0.4 is 0 Å². The summed E-state index contributed by atoms with van der Waals surface area (Å²) in [5.74, 6) is -0.131. The number of halogens is 1. The Bertz CT molecular complexity index is 525. The molecule has 0 N–H and O–H groups in total. The van der Waals surface area contributed by atoms with E-state index in [1.807, 2.05) is 19.1 Å². The van der Waals surface area contributed by atoms with Gasteiger partial charge in [-0.05, 0) is 42.3 Å². The summed E-state index contributed by atoms with van der Waals surface area (Å²) in [6.45, 7) is 3.05. The normalized spacial score (nSPS) is 10.3. The van der Waals surface area contributed by atoms with Crippen LogP contribution in [0.3, 0.4) is 0 Å². The Morgan fingerprint density at radius 2 is 2.11 bits per heavy atom. The lowest BCUT2D eigenvalue weighted by molar-refractivity contribution is 0.0752. The number of amides is 1. The van der Waals surface area contributed by atoms with Gasteiger partial charge in [-0.3, -0.25) is 9.78 Å². The zero-order valence-electron chi connectivity index (χ0n) is 9.97. The number of pyridine rings is 1. The molecule has 0 aromatic carbocycles. The summed E-state index contributed by atoms with van der Waals surface area (Å²) < 4.78 is 4.94. The highest BCUT2D eigenvalue weighted by atomic mass is 35.5. The summed E-state index contributed by atoms with van der Waals surface area (Å²) in [6.07, 6.45) is 4.83. The smallest absolute Gasteiger partial charge is 0.259 e. The van der Waals surface area contributed by atoms with Crippen molar-refractivity contribution in [1.29, 1.82) is 0 Å². The topological polar surface area (TPSA) is 46.3 Å². The van der Waals surface area contributed by atoms with Crippen LogP contribution in [0.4, 0.5) is 0 Å². The second-order valence-corrected chi connectivity index (χ2v) is 4.13. The molecule has 0 bridgehead atoms. The molecule has 18 heavy (non-hydrogen) atoms. The van der Waals surface area contributed by atoms with E-state index in [0.29, 0.717) is 18.7 Å². The zero-order chi connectivity index (χ0) is 13.0. The lowest BCUT2D eigenvalue weighted by Crippen LogP contribution is -2.30. The summed E-state index contributed by atoms with van der Waals surface area (Å²) in [7, 11) is 0. The zero-order valence-corrected chi connectivity index (χ0v) is 10.7. The molecule has 0 atom stereocenters. The van der Waals surface area contributed by atoms with Crippen LogP contribution in [-0.4, -0.2) is 22.3 Å². The van der Waals surface area contributed by atoms with Crippen LogP contribution in [0, 0.1) is 0 Å². The molecule has 0 saturated carbocycles. The van der Waals surface area contributed by atoms with Crippen molar-refractivity contribution in [2.75, 3.05) is 6.54 Å². The fraction of sp³-hybridized carbons (Fsp3) is 0.231. The van der Waals surface area contributed by atoms with Gasteiger partial charge in [0.15, 0.2) is 0 Å². The highest BCUT2D eigenvalue weighted by molar-refractivity contribution is 6.32. The minimum absolute atomic E-state index is 0.131. The van der Waals surface area contributed by atoms with Crippen molar-refractivity contribution in [3.05, 3.63) is 53.2 Å². The first-order chi connectivity index (χ1) is 8.72. The monoisotopic (exact) mass is 264 g/mol. The summed E-state index contributed by atoms with van der Waals surface area (Å²) in [5, 5.41) is 0.133. The Hall–Kier alpha value is -1.81. The molecule has 4 nitrogen and oxygen atoms in total. The number of nitrogens with zero attached hydrogens (tertiary/aromatic N) is 2. The molecule has 0 fully saturated rings. The van der Waals surface area contributed by atoms with E-state index < -0.39 is 0 Å². The molecule has 5 heteroatoms. The average Bonchev–Trinajstić information content (AvgIpc) is 2.82. The SMILES string of the molecule is CCN(Cc1ccncc1)C(=O)c1ccoc1Cl. The lowest BCUT2D eigenvalue weighted by atomic mass is 10.2. The van der Waals surface area contributed by atoms with Crippen LogP contribution in [0.1, 0.15) is 22.8 Å².